The number of nitrogens with one attached hydrogen (secondary N) is 1. The Morgan fingerprint density at radius 1 is 1.00 bits per heavy atom. The first-order valence-electron chi connectivity index (χ1n) is 13.5. The van der Waals surface area contributed by atoms with Crippen LogP contribution in [0.5, 0.6) is 5.75 Å². The number of alkyl halides is 1. The second-order valence-electron chi connectivity index (χ2n) is 9.87. The molecular weight excluding hydrogens is 472 g/mol. The zero-order valence-electron chi connectivity index (χ0n) is 21.8. The van der Waals surface area contributed by atoms with E-state index < -0.39 is 6.04 Å². The summed E-state index contributed by atoms with van der Waals surface area (Å²) in [5.74, 6) is 0.173. The maximum atomic E-state index is 13.7. The zero-order chi connectivity index (χ0) is 25.8. The van der Waals surface area contributed by atoms with Crippen molar-refractivity contribution >= 4 is 23.4 Å². The third-order valence-corrected chi connectivity index (χ3v) is 7.11. The van der Waals surface area contributed by atoms with Crippen LogP contribution in [0.2, 0.25) is 0 Å². The molecule has 1 aliphatic carbocycles. The minimum Gasteiger partial charge on any atom is -0.494 e. The molecule has 36 heavy (non-hydrogen) atoms. The second-order valence-corrected chi connectivity index (χ2v) is 10.1. The lowest BCUT2D eigenvalue weighted by Gasteiger charge is -2.33. The number of hydrogen-bond donors (Lipinski definition) is 1. The van der Waals surface area contributed by atoms with E-state index in [0.29, 0.717) is 13.2 Å². The Morgan fingerprint density at radius 3 is 2.33 bits per heavy atom. The Bertz CT molecular complexity index is 940. The van der Waals surface area contributed by atoms with Gasteiger partial charge >= 0.3 is 0 Å². The van der Waals surface area contributed by atoms with Crippen LogP contribution in [0.25, 0.3) is 0 Å². The van der Waals surface area contributed by atoms with E-state index >= 15 is 0 Å². The fraction of sp³-hybridized carbons (Fsp3) is 0.533. The van der Waals surface area contributed by atoms with Crippen LogP contribution in [0.4, 0.5) is 0 Å². The lowest BCUT2D eigenvalue weighted by atomic mass is 9.94. The predicted molar refractivity (Wildman–Crippen MR) is 146 cm³/mol. The molecule has 0 spiro atoms. The summed E-state index contributed by atoms with van der Waals surface area (Å²) in [6, 6.07) is 15.0. The summed E-state index contributed by atoms with van der Waals surface area (Å²) in [6.45, 7) is 5.20. The number of ether oxygens (including phenoxy) is 1. The van der Waals surface area contributed by atoms with Crippen LogP contribution in [0.15, 0.2) is 48.5 Å². The molecule has 196 valence electrons. The number of halogens is 1. The molecule has 2 aromatic rings. The molecule has 0 radical (unpaired) electrons. The summed E-state index contributed by atoms with van der Waals surface area (Å²) in [4.78, 5) is 28.4. The van der Waals surface area contributed by atoms with Crippen LogP contribution < -0.4 is 10.1 Å². The minimum atomic E-state index is -0.766. The smallest absolute Gasteiger partial charge is 0.247 e. The first-order valence-corrected chi connectivity index (χ1v) is 14.0. The number of benzene rings is 2. The third-order valence-electron chi connectivity index (χ3n) is 6.88. The maximum Gasteiger partial charge on any atom is 0.247 e. The van der Waals surface area contributed by atoms with Gasteiger partial charge in [-0.15, -0.1) is 11.6 Å². The Morgan fingerprint density at radius 2 is 1.69 bits per heavy atom. The van der Waals surface area contributed by atoms with Crippen molar-refractivity contribution in [3.05, 3.63) is 65.2 Å². The summed E-state index contributed by atoms with van der Waals surface area (Å²) < 4.78 is 5.90. The molecular formula is C30H41ClN2O3. The molecule has 0 heterocycles. The Labute approximate surface area is 221 Å². The van der Waals surface area contributed by atoms with Crippen LogP contribution in [-0.4, -0.2) is 35.2 Å². The Hall–Kier alpha value is -2.53. The molecule has 0 aromatic heterocycles. The predicted octanol–water partition coefficient (Wildman–Crippen LogP) is 6.71. The standard InChI is InChI=1S/C30H41ClN2O3/c1-3-4-5-9-20-36-27-18-16-25(17-19-27)29(30(35)32-26-10-7-6-8-11-26)33(28(34)21-31)22-24-14-12-23(2)13-15-24/h12-19,26,29H,3-11,20-22H2,1-2H3,(H,32,35). The van der Waals surface area contributed by atoms with Crippen molar-refractivity contribution in [3.63, 3.8) is 0 Å². The third kappa shape index (κ3) is 8.55. The van der Waals surface area contributed by atoms with E-state index in [0.717, 1.165) is 61.0 Å². The van der Waals surface area contributed by atoms with Crippen molar-refractivity contribution in [3.8, 4) is 5.75 Å². The van der Waals surface area contributed by atoms with Crippen LogP contribution in [0.1, 0.15) is 87.4 Å². The van der Waals surface area contributed by atoms with E-state index in [9.17, 15) is 9.59 Å². The van der Waals surface area contributed by atoms with Gasteiger partial charge in [-0.3, -0.25) is 9.59 Å². The summed E-state index contributed by atoms with van der Waals surface area (Å²) in [5.41, 5.74) is 2.86. The van der Waals surface area contributed by atoms with Gasteiger partial charge < -0.3 is 15.0 Å². The number of aryl methyl sites for hydroxylation is 1. The quantitative estimate of drug-likeness (QED) is 0.239. The van der Waals surface area contributed by atoms with Gasteiger partial charge in [-0.25, -0.2) is 0 Å². The van der Waals surface area contributed by atoms with Crippen molar-refractivity contribution < 1.29 is 14.3 Å². The largest absolute Gasteiger partial charge is 0.494 e. The first-order chi connectivity index (χ1) is 17.5. The summed E-state index contributed by atoms with van der Waals surface area (Å²) >= 11 is 6.04. The Balaban J connectivity index is 1.83. The van der Waals surface area contributed by atoms with Crippen LogP contribution >= 0.6 is 11.6 Å². The molecule has 1 unspecified atom stereocenters. The Kier molecular flexibility index (Phi) is 11.6. The first kappa shape index (κ1) is 28.0. The van der Waals surface area contributed by atoms with Gasteiger partial charge in [0, 0.05) is 12.6 Å². The fourth-order valence-electron chi connectivity index (χ4n) is 4.76. The summed E-state index contributed by atoms with van der Waals surface area (Å²) in [6.07, 6.45) is 9.99. The number of rotatable bonds is 13. The molecule has 2 amide bonds. The minimum absolute atomic E-state index is 0.145. The monoisotopic (exact) mass is 512 g/mol. The summed E-state index contributed by atoms with van der Waals surface area (Å²) in [5, 5.41) is 3.23. The van der Waals surface area contributed by atoms with E-state index in [4.69, 9.17) is 16.3 Å². The molecule has 1 saturated carbocycles. The van der Waals surface area contributed by atoms with Crippen molar-refractivity contribution in [1.82, 2.24) is 10.2 Å². The van der Waals surface area contributed by atoms with Crippen molar-refractivity contribution in [2.75, 3.05) is 12.5 Å². The average Bonchev–Trinajstić information content (AvgIpc) is 2.90. The van der Waals surface area contributed by atoms with Gasteiger partial charge in [-0.2, -0.15) is 0 Å². The van der Waals surface area contributed by atoms with E-state index in [1.165, 1.54) is 19.3 Å². The molecule has 0 saturated heterocycles. The highest BCUT2D eigenvalue weighted by atomic mass is 35.5. The number of nitrogens with zero attached hydrogens (tertiary/aromatic N) is 1. The topological polar surface area (TPSA) is 58.6 Å². The SMILES string of the molecule is CCCCCCOc1ccc(C(C(=O)NC2CCCCC2)N(Cc2ccc(C)cc2)C(=O)CCl)cc1. The lowest BCUT2D eigenvalue weighted by Crippen LogP contribution is -2.47. The van der Waals surface area contributed by atoms with Gasteiger partial charge in [0.2, 0.25) is 11.8 Å². The number of hydrogen-bond acceptors (Lipinski definition) is 3. The molecule has 0 aliphatic heterocycles. The van der Waals surface area contributed by atoms with Crippen LogP contribution in [0, 0.1) is 6.92 Å². The van der Waals surface area contributed by atoms with E-state index in [1.54, 1.807) is 4.90 Å². The van der Waals surface area contributed by atoms with Gasteiger partial charge in [0.05, 0.1) is 6.61 Å². The second kappa shape index (κ2) is 14.9. The zero-order valence-corrected chi connectivity index (χ0v) is 22.6. The van der Waals surface area contributed by atoms with Crippen molar-refractivity contribution in [2.45, 2.75) is 90.3 Å². The fourth-order valence-corrected chi connectivity index (χ4v) is 4.91. The average molecular weight is 513 g/mol. The number of carbonyl (C=O) groups excluding carboxylic acids is 2. The molecule has 1 atom stereocenters. The molecule has 1 fully saturated rings. The van der Waals surface area contributed by atoms with Crippen LogP contribution in [-0.2, 0) is 16.1 Å². The molecule has 1 aliphatic rings. The van der Waals surface area contributed by atoms with E-state index in [1.807, 2.05) is 55.5 Å². The van der Waals surface area contributed by atoms with Crippen molar-refractivity contribution in [1.29, 1.82) is 0 Å². The summed E-state index contributed by atoms with van der Waals surface area (Å²) in [7, 11) is 0. The lowest BCUT2D eigenvalue weighted by molar-refractivity contribution is -0.140. The van der Waals surface area contributed by atoms with Crippen LogP contribution in [0.3, 0.4) is 0 Å². The molecule has 5 nitrogen and oxygen atoms in total. The highest BCUT2D eigenvalue weighted by Crippen LogP contribution is 2.28. The molecule has 2 aromatic carbocycles. The van der Waals surface area contributed by atoms with Gasteiger partial charge in [0.15, 0.2) is 0 Å². The number of amides is 2. The highest BCUT2D eigenvalue weighted by Gasteiger charge is 2.32. The van der Waals surface area contributed by atoms with E-state index in [-0.39, 0.29) is 23.7 Å². The molecule has 1 N–H and O–H groups in total. The highest BCUT2D eigenvalue weighted by molar-refractivity contribution is 6.27. The molecule has 3 rings (SSSR count). The van der Waals surface area contributed by atoms with E-state index in [2.05, 4.69) is 12.2 Å². The number of unbranched alkanes of at least 4 members (excludes halogenated alkanes) is 3. The normalized spacial score (nSPS) is 14.8. The van der Waals surface area contributed by atoms with Crippen molar-refractivity contribution in [2.24, 2.45) is 0 Å². The molecule has 6 heteroatoms. The molecule has 0 bridgehead atoms. The van der Waals surface area contributed by atoms with Gasteiger partial charge in [0.1, 0.15) is 17.7 Å². The van der Waals surface area contributed by atoms with Gasteiger partial charge in [-0.1, -0.05) is 87.4 Å². The number of carbonyl (C=O) groups is 2. The van der Waals surface area contributed by atoms with Gasteiger partial charge in [0.25, 0.3) is 0 Å². The van der Waals surface area contributed by atoms with Gasteiger partial charge in [-0.05, 0) is 49.4 Å². The maximum absolute atomic E-state index is 13.7.